The highest BCUT2D eigenvalue weighted by Crippen LogP contribution is 2.47. The van der Waals surface area contributed by atoms with Gasteiger partial charge in [-0.15, -0.1) is 11.3 Å². The average molecular weight is 481 g/mol. The SMILES string of the molecule is CCOC(=O)c1c(C)nc2sc3c(c2c1OS(=O)(=O)C(F)(F)F)CCC1(C3)OCCO1. The molecule has 13 heteroatoms. The van der Waals surface area contributed by atoms with Crippen molar-refractivity contribution in [3.8, 4) is 5.75 Å². The number of halogens is 3. The first-order valence-corrected chi connectivity index (χ1v) is 11.6. The van der Waals surface area contributed by atoms with E-state index in [1.165, 1.54) is 25.2 Å². The molecule has 0 atom stereocenters. The molecule has 3 heterocycles. The summed E-state index contributed by atoms with van der Waals surface area (Å²) in [5.74, 6) is -2.54. The quantitative estimate of drug-likeness (QED) is 0.373. The second-order valence-electron chi connectivity index (χ2n) is 7.07. The Bertz CT molecular complexity index is 1150. The second kappa shape index (κ2) is 7.57. The van der Waals surface area contributed by atoms with Crippen molar-refractivity contribution in [2.24, 2.45) is 0 Å². The molecule has 2 aromatic rings. The number of aryl methyl sites for hydroxylation is 2. The van der Waals surface area contributed by atoms with Gasteiger partial charge < -0.3 is 18.4 Å². The predicted octanol–water partition coefficient (Wildman–Crippen LogP) is 3.24. The summed E-state index contributed by atoms with van der Waals surface area (Å²) in [5, 5.41) is 0.0642. The van der Waals surface area contributed by atoms with Crippen LogP contribution in [0.25, 0.3) is 10.2 Å². The minimum atomic E-state index is -6.04. The van der Waals surface area contributed by atoms with Gasteiger partial charge in [-0.3, -0.25) is 0 Å². The van der Waals surface area contributed by atoms with E-state index in [0.29, 0.717) is 38.0 Å². The number of carbonyl (C=O) groups is 1. The van der Waals surface area contributed by atoms with Gasteiger partial charge in [0.2, 0.25) is 0 Å². The summed E-state index contributed by atoms with van der Waals surface area (Å²) in [4.78, 5) is 17.8. The first kappa shape index (κ1) is 22.2. The number of hydrogen-bond donors (Lipinski definition) is 0. The van der Waals surface area contributed by atoms with E-state index in [1.54, 1.807) is 0 Å². The molecule has 31 heavy (non-hydrogen) atoms. The van der Waals surface area contributed by atoms with Crippen molar-refractivity contribution >= 4 is 37.6 Å². The van der Waals surface area contributed by atoms with Crippen LogP contribution in [0.3, 0.4) is 0 Å². The fourth-order valence-electron chi connectivity index (χ4n) is 3.79. The Labute approximate surface area is 179 Å². The summed E-state index contributed by atoms with van der Waals surface area (Å²) in [6, 6.07) is 0. The third-order valence-electron chi connectivity index (χ3n) is 5.11. The van der Waals surface area contributed by atoms with Crippen LogP contribution >= 0.6 is 11.3 Å². The number of ether oxygens (including phenoxy) is 3. The highest BCUT2D eigenvalue weighted by molar-refractivity contribution is 7.88. The molecule has 2 aromatic heterocycles. The van der Waals surface area contributed by atoms with Crippen molar-refractivity contribution in [3.05, 3.63) is 21.7 Å². The van der Waals surface area contributed by atoms with Crippen molar-refractivity contribution in [1.82, 2.24) is 4.98 Å². The molecule has 170 valence electrons. The molecule has 0 saturated carbocycles. The molecule has 1 fully saturated rings. The van der Waals surface area contributed by atoms with Gasteiger partial charge in [0.1, 0.15) is 10.4 Å². The van der Waals surface area contributed by atoms with Crippen LogP contribution in [0, 0.1) is 6.92 Å². The maximum Gasteiger partial charge on any atom is 0.534 e. The second-order valence-corrected chi connectivity index (χ2v) is 9.69. The van der Waals surface area contributed by atoms with E-state index in [1.807, 2.05) is 0 Å². The van der Waals surface area contributed by atoms with Crippen LogP contribution in [-0.4, -0.2) is 50.5 Å². The third-order valence-corrected chi connectivity index (χ3v) is 7.19. The van der Waals surface area contributed by atoms with Crippen molar-refractivity contribution in [2.75, 3.05) is 19.8 Å². The summed E-state index contributed by atoms with van der Waals surface area (Å²) in [7, 11) is -6.04. The fraction of sp³-hybridized carbons (Fsp3) is 0.556. The maximum atomic E-state index is 13.1. The first-order chi connectivity index (χ1) is 14.5. The van der Waals surface area contributed by atoms with Gasteiger partial charge in [-0.1, -0.05) is 0 Å². The number of esters is 1. The van der Waals surface area contributed by atoms with Gasteiger partial charge >= 0.3 is 21.6 Å². The van der Waals surface area contributed by atoms with Gasteiger partial charge in [-0.2, -0.15) is 21.6 Å². The predicted molar refractivity (Wildman–Crippen MR) is 103 cm³/mol. The van der Waals surface area contributed by atoms with Gasteiger partial charge in [0.05, 0.1) is 30.9 Å². The molecule has 0 radical (unpaired) electrons. The molecule has 8 nitrogen and oxygen atoms in total. The lowest BCUT2D eigenvalue weighted by molar-refractivity contribution is -0.163. The van der Waals surface area contributed by atoms with Gasteiger partial charge in [0.15, 0.2) is 11.5 Å². The minimum Gasteiger partial charge on any atom is -0.462 e. The number of alkyl halides is 3. The molecular formula is C18H18F3NO7S2. The van der Waals surface area contributed by atoms with Crippen molar-refractivity contribution < 1.29 is 44.8 Å². The number of aromatic nitrogens is 1. The number of thiophene rings is 1. The Hall–Kier alpha value is -1.96. The van der Waals surface area contributed by atoms with Gasteiger partial charge in [0.25, 0.3) is 0 Å². The molecule has 0 amide bonds. The average Bonchev–Trinajstić information content (AvgIpc) is 3.24. The summed E-state index contributed by atoms with van der Waals surface area (Å²) in [5.41, 5.74) is -5.56. The van der Waals surface area contributed by atoms with Crippen molar-refractivity contribution in [2.45, 2.75) is 44.4 Å². The minimum absolute atomic E-state index is 0.000000997. The molecule has 1 aliphatic heterocycles. The van der Waals surface area contributed by atoms with Gasteiger partial charge in [-0.05, 0) is 25.8 Å². The number of hydrogen-bond acceptors (Lipinski definition) is 9. The molecule has 0 aromatic carbocycles. The van der Waals surface area contributed by atoms with Crippen molar-refractivity contribution in [3.63, 3.8) is 0 Å². The largest absolute Gasteiger partial charge is 0.534 e. The zero-order valence-electron chi connectivity index (χ0n) is 16.5. The Kier molecular flexibility index (Phi) is 5.43. The molecule has 0 unspecified atom stereocenters. The number of rotatable bonds is 4. The van der Waals surface area contributed by atoms with Gasteiger partial charge in [-0.25, -0.2) is 9.78 Å². The first-order valence-electron chi connectivity index (χ1n) is 9.38. The summed E-state index contributed by atoms with van der Waals surface area (Å²) < 4.78 is 83.9. The van der Waals surface area contributed by atoms with Crippen LogP contribution in [0.1, 0.15) is 39.8 Å². The van der Waals surface area contributed by atoms with E-state index in [4.69, 9.17) is 14.2 Å². The van der Waals surface area contributed by atoms with E-state index >= 15 is 0 Å². The van der Waals surface area contributed by atoms with Crippen LogP contribution in [0.4, 0.5) is 13.2 Å². The highest BCUT2D eigenvalue weighted by atomic mass is 32.2. The molecule has 2 aliphatic rings. The Morgan fingerprint density at radius 2 is 1.97 bits per heavy atom. The normalized spacial score (nSPS) is 18.4. The molecule has 1 aliphatic carbocycles. The van der Waals surface area contributed by atoms with E-state index in [0.717, 1.165) is 4.88 Å². The molecule has 1 saturated heterocycles. The monoisotopic (exact) mass is 481 g/mol. The van der Waals surface area contributed by atoms with Crippen molar-refractivity contribution in [1.29, 1.82) is 0 Å². The number of nitrogens with zero attached hydrogens (tertiary/aromatic N) is 1. The third kappa shape index (κ3) is 3.77. The van der Waals surface area contributed by atoms with E-state index < -0.39 is 38.7 Å². The lowest BCUT2D eigenvalue weighted by atomic mass is 9.91. The van der Waals surface area contributed by atoms with Crippen LogP contribution in [0.5, 0.6) is 5.75 Å². The maximum absolute atomic E-state index is 13.1. The molecule has 0 N–H and O–H groups in total. The fourth-order valence-corrected chi connectivity index (χ4v) is 5.63. The lowest BCUT2D eigenvalue weighted by Crippen LogP contribution is -2.36. The number of pyridine rings is 1. The Balaban J connectivity index is 1.93. The van der Waals surface area contributed by atoms with E-state index in [9.17, 15) is 26.4 Å². The highest BCUT2D eigenvalue weighted by Gasteiger charge is 2.50. The zero-order valence-corrected chi connectivity index (χ0v) is 18.1. The summed E-state index contributed by atoms with van der Waals surface area (Å²) >= 11 is 1.18. The van der Waals surface area contributed by atoms with Gasteiger partial charge in [0, 0.05) is 17.7 Å². The standard InChI is InChI=1S/C18H18F3NO7S2/c1-3-26-16(23)12-9(2)22-15-13(14(12)29-31(24,25)18(19,20)21)10-4-5-17(8-11(10)30-15)27-6-7-28-17/h3-8H2,1-2H3. The molecule has 1 spiro atoms. The van der Waals surface area contributed by atoms with Crippen LogP contribution in [0.15, 0.2) is 0 Å². The number of carbonyl (C=O) groups excluding carboxylic acids is 1. The number of fused-ring (bicyclic) bond motifs is 3. The molecule has 0 bridgehead atoms. The Morgan fingerprint density at radius 3 is 2.58 bits per heavy atom. The van der Waals surface area contributed by atoms with E-state index in [2.05, 4.69) is 9.17 Å². The molecule has 4 rings (SSSR count). The summed E-state index contributed by atoms with van der Waals surface area (Å²) in [6.45, 7) is 3.69. The smallest absolute Gasteiger partial charge is 0.462 e. The van der Waals surface area contributed by atoms with Crippen LogP contribution < -0.4 is 4.18 Å². The van der Waals surface area contributed by atoms with E-state index in [-0.39, 0.29) is 22.5 Å². The van der Waals surface area contributed by atoms with Crippen LogP contribution in [-0.2, 0) is 37.2 Å². The topological polar surface area (TPSA) is 101 Å². The summed E-state index contributed by atoms with van der Waals surface area (Å²) in [6.07, 6.45) is 1.08. The Morgan fingerprint density at radius 1 is 1.29 bits per heavy atom. The van der Waals surface area contributed by atoms with Crippen LogP contribution in [0.2, 0.25) is 0 Å². The molecular weight excluding hydrogens is 463 g/mol. The zero-order chi connectivity index (χ0) is 22.6. The lowest BCUT2D eigenvalue weighted by Gasteiger charge is -2.31.